The zero-order valence-corrected chi connectivity index (χ0v) is 12.3. The molecule has 3 rings (SSSR count). The minimum absolute atomic E-state index is 0.0146. The molecule has 0 aliphatic rings. The fourth-order valence-electron chi connectivity index (χ4n) is 2.42. The van der Waals surface area contributed by atoms with Gasteiger partial charge in [0.05, 0.1) is 16.6 Å². The van der Waals surface area contributed by atoms with Gasteiger partial charge in [-0.15, -0.1) is 0 Å². The molecule has 0 unspecified atom stereocenters. The Kier molecular flexibility index (Phi) is 3.32. The summed E-state index contributed by atoms with van der Waals surface area (Å²) >= 11 is 12.1. The standard InChI is InChI=1S/C15H12Cl2N2O/c1-2-18-15(20)13-5-3-4-6-14(13)19(18)12-8-10(16)7-11(17)9-12/h3-9H,2H2,1H3. The molecule has 0 fully saturated rings. The number of hydrogen-bond acceptors (Lipinski definition) is 1. The summed E-state index contributed by atoms with van der Waals surface area (Å²) in [6, 6.07) is 12.8. The predicted molar refractivity (Wildman–Crippen MR) is 83.2 cm³/mol. The maximum Gasteiger partial charge on any atom is 0.274 e. The van der Waals surface area contributed by atoms with Gasteiger partial charge in [0, 0.05) is 16.6 Å². The molecular formula is C15H12Cl2N2O. The van der Waals surface area contributed by atoms with E-state index in [9.17, 15) is 4.79 Å². The largest absolute Gasteiger partial charge is 0.274 e. The van der Waals surface area contributed by atoms with Crippen molar-refractivity contribution in [1.29, 1.82) is 0 Å². The van der Waals surface area contributed by atoms with Gasteiger partial charge in [-0.25, -0.2) is 4.68 Å². The van der Waals surface area contributed by atoms with Crippen molar-refractivity contribution < 1.29 is 0 Å². The average Bonchev–Trinajstić information content (AvgIpc) is 2.71. The Hall–Kier alpha value is -1.71. The van der Waals surface area contributed by atoms with E-state index in [1.807, 2.05) is 35.9 Å². The quantitative estimate of drug-likeness (QED) is 0.699. The van der Waals surface area contributed by atoms with Crippen LogP contribution in [0, 0.1) is 0 Å². The number of para-hydroxylation sites is 1. The second-order valence-corrected chi connectivity index (χ2v) is 5.35. The summed E-state index contributed by atoms with van der Waals surface area (Å²) in [5, 5.41) is 1.77. The first-order chi connectivity index (χ1) is 9.61. The van der Waals surface area contributed by atoms with E-state index in [4.69, 9.17) is 23.2 Å². The molecule has 0 radical (unpaired) electrons. The molecule has 0 saturated carbocycles. The van der Waals surface area contributed by atoms with Crippen LogP contribution in [0.1, 0.15) is 6.92 Å². The van der Waals surface area contributed by atoms with Crippen LogP contribution in [0.25, 0.3) is 16.6 Å². The lowest BCUT2D eigenvalue weighted by molar-refractivity contribution is 0.578. The van der Waals surface area contributed by atoms with Gasteiger partial charge in [-0.1, -0.05) is 35.3 Å². The zero-order valence-electron chi connectivity index (χ0n) is 10.8. The highest BCUT2D eigenvalue weighted by Crippen LogP contribution is 2.24. The smallest absolute Gasteiger partial charge is 0.267 e. The first-order valence-electron chi connectivity index (χ1n) is 6.29. The van der Waals surface area contributed by atoms with Crippen molar-refractivity contribution in [1.82, 2.24) is 9.36 Å². The number of fused-ring (bicyclic) bond motifs is 1. The van der Waals surface area contributed by atoms with Crippen molar-refractivity contribution in [2.45, 2.75) is 13.5 Å². The SMILES string of the molecule is CCn1c(=O)c2ccccc2n1-c1cc(Cl)cc(Cl)c1. The lowest BCUT2D eigenvalue weighted by atomic mass is 10.2. The first kappa shape index (κ1) is 13.3. The maximum atomic E-state index is 12.4. The number of nitrogens with zero attached hydrogens (tertiary/aromatic N) is 2. The van der Waals surface area contributed by atoms with Crippen LogP contribution < -0.4 is 5.56 Å². The fourth-order valence-corrected chi connectivity index (χ4v) is 2.94. The maximum absolute atomic E-state index is 12.4. The van der Waals surface area contributed by atoms with E-state index in [0.717, 1.165) is 11.2 Å². The van der Waals surface area contributed by atoms with Crippen LogP contribution >= 0.6 is 23.2 Å². The van der Waals surface area contributed by atoms with Gasteiger partial charge in [0.2, 0.25) is 0 Å². The third kappa shape index (κ3) is 2.03. The predicted octanol–water partition coefficient (Wildman–Crippen LogP) is 4.12. The summed E-state index contributed by atoms with van der Waals surface area (Å²) in [7, 11) is 0. The molecule has 0 amide bonds. The van der Waals surface area contributed by atoms with Crippen LogP contribution in [-0.4, -0.2) is 9.36 Å². The Morgan fingerprint density at radius 1 is 1.05 bits per heavy atom. The summed E-state index contributed by atoms with van der Waals surface area (Å²) < 4.78 is 3.53. The number of hydrogen-bond donors (Lipinski definition) is 0. The van der Waals surface area contributed by atoms with Crippen LogP contribution in [0.15, 0.2) is 47.3 Å². The molecule has 0 saturated heterocycles. The van der Waals surface area contributed by atoms with Gasteiger partial charge in [0.1, 0.15) is 0 Å². The van der Waals surface area contributed by atoms with Crippen molar-refractivity contribution in [2.24, 2.45) is 0 Å². The van der Waals surface area contributed by atoms with Gasteiger partial charge < -0.3 is 0 Å². The topological polar surface area (TPSA) is 26.9 Å². The van der Waals surface area contributed by atoms with E-state index in [0.29, 0.717) is 22.0 Å². The monoisotopic (exact) mass is 306 g/mol. The molecule has 0 N–H and O–H groups in total. The van der Waals surface area contributed by atoms with Crippen LogP contribution in [0.4, 0.5) is 0 Å². The molecule has 20 heavy (non-hydrogen) atoms. The summed E-state index contributed by atoms with van der Waals surface area (Å²) in [6.45, 7) is 2.50. The lowest BCUT2D eigenvalue weighted by Crippen LogP contribution is -2.21. The molecule has 5 heteroatoms. The van der Waals surface area contributed by atoms with Gasteiger partial charge in [-0.3, -0.25) is 9.48 Å². The Labute approximate surface area is 125 Å². The van der Waals surface area contributed by atoms with Gasteiger partial charge in [0.15, 0.2) is 0 Å². The average molecular weight is 307 g/mol. The third-order valence-corrected chi connectivity index (χ3v) is 3.67. The van der Waals surface area contributed by atoms with E-state index in [1.165, 1.54) is 0 Å². The number of rotatable bonds is 2. The lowest BCUT2D eigenvalue weighted by Gasteiger charge is -2.12. The molecule has 3 nitrogen and oxygen atoms in total. The number of halogens is 2. The molecule has 0 atom stereocenters. The molecule has 0 spiro atoms. The first-order valence-corrected chi connectivity index (χ1v) is 7.04. The molecule has 1 heterocycles. The van der Waals surface area contributed by atoms with Crippen molar-refractivity contribution in [2.75, 3.05) is 0 Å². The minimum Gasteiger partial charge on any atom is -0.267 e. The fraction of sp³-hybridized carbons (Fsp3) is 0.133. The highest BCUT2D eigenvalue weighted by Gasteiger charge is 2.13. The highest BCUT2D eigenvalue weighted by molar-refractivity contribution is 6.34. The summed E-state index contributed by atoms with van der Waals surface area (Å²) in [6.07, 6.45) is 0. The van der Waals surface area contributed by atoms with E-state index in [1.54, 1.807) is 22.9 Å². The van der Waals surface area contributed by atoms with Crippen LogP contribution in [0.3, 0.4) is 0 Å². The van der Waals surface area contributed by atoms with E-state index >= 15 is 0 Å². The molecule has 1 aromatic heterocycles. The van der Waals surface area contributed by atoms with Crippen LogP contribution in [-0.2, 0) is 6.54 Å². The van der Waals surface area contributed by atoms with Crippen LogP contribution in [0.5, 0.6) is 0 Å². The summed E-state index contributed by atoms with van der Waals surface area (Å²) in [4.78, 5) is 12.4. The van der Waals surface area contributed by atoms with Crippen molar-refractivity contribution in [3.8, 4) is 5.69 Å². The second-order valence-electron chi connectivity index (χ2n) is 4.48. The molecule has 102 valence electrons. The van der Waals surface area contributed by atoms with Gasteiger partial charge >= 0.3 is 0 Å². The Balaban J connectivity index is 2.43. The Morgan fingerprint density at radius 3 is 2.35 bits per heavy atom. The minimum atomic E-state index is -0.0146. The summed E-state index contributed by atoms with van der Waals surface area (Å²) in [5.41, 5.74) is 1.61. The number of aromatic nitrogens is 2. The molecule has 0 aliphatic heterocycles. The van der Waals surface area contributed by atoms with Crippen LogP contribution in [0.2, 0.25) is 10.0 Å². The molecule has 3 aromatic rings. The highest BCUT2D eigenvalue weighted by atomic mass is 35.5. The van der Waals surface area contributed by atoms with Crippen molar-refractivity contribution >= 4 is 34.1 Å². The second kappa shape index (κ2) is 5.00. The Morgan fingerprint density at radius 2 is 1.70 bits per heavy atom. The summed E-state index contributed by atoms with van der Waals surface area (Å²) in [5.74, 6) is 0. The van der Waals surface area contributed by atoms with Gasteiger partial charge in [-0.2, -0.15) is 0 Å². The molecule has 2 aromatic carbocycles. The molecular weight excluding hydrogens is 295 g/mol. The normalized spacial score (nSPS) is 11.2. The molecule has 0 bridgehead atoms. The Bertz CT molecular complexity index is 828. The third-order valence-electron chi connectivity index (χ3n) is 3.23. The molecule has 0 aliphatic carbocycles. The van der Waals surface area contributed by atoms with E-state index in [2.05, 4.69) is 0 Å². The van der Waals surface area contributed by atoms with Gasteiger partial charge in [-0.05, 0) is 37.3 Å². The van der Waals surface area contributed by atoms with E-state index < -0.39 is 0 Å². The number of benzene rings is 2. The zero-order chi connectivity index (χ0) is 14.3. The van der Waals surface area contributed by atoms with Crippen molar-refractivity contribution in [3.05, 3.63) is 62.9 Å². The van der Waals surface area contributed by atoms with Crippen molar-refractivity contribution in [3.63, 3.8) is 0 Å². The van der Waals surface area contributed by atoms with Gasteiger partial charge in [0.25, 0.3) is 5.56 Å². The van der Waals surface area contributed by atoms with E-state index in [-0.39, 0.29) is 5.56 Å².